The van der Waals surface area contributed by atoms with E-state index in [1.54, 1.807) is 0 Å². The monoisotopic (exact) mass is 388 g/mol. The van der Waals surface area contributed by atoms with E-state index in [1.165, 1.54) is 21.2 Å². The lowest BCUT2D eigenvalue weighted by Crippen LogP contribution is -2.37. The lowest BCUT2D eigenvalue weighted by atomic mass is 10.3. The van der Waals surface area contributed by atoms with E-state index >= 15 is 0 Å². The Kier molecular flexibility index (Phi) is 5.55. The van der Waals surface area contributed by atoms with Crippen LogP contribution in [-0.2, 0) is 0 Å². The van der Waals surface area contributed by atoms with Gasteiger partial charge in [0.2, 0.25) is 0 Å². The van der Waals surface area contributed by atoms with Gasteiger partial charge in [0.15, 0.2) is 0 Å². The normalized spacial score (nSPS) is 12.2. The molecule has 3 aromatic carbocycles. The fourth-order valence-corrected chi connectivity index (χ4v) is 10.7. The molecule has 0 amide bonds. The van der Waals surface area contributed by atoms with Crippen LogP contribution in [0.2, 0.25) is 0 Å². The Balaban J connectivity index is 2.33. The van der Waals surface area contributed by atoms with Gasteiger partial charge in [-0.15, -0.1) is 0 Å². The summed E-state index contributed by atoms with van der Waals surface area (Å²) in [6, 6.07) is 31.0. The highest BCUT2D eigenvalue weighted by Gasteiger charge is 2.45. The first-order chi connectivity index (χ1) is 11.4. The van der Waals surface area contributed by atoms with Crippen molar-refractivity contribution in [3.63, 3.8) is 0 Å². The average molecular weight is 388 g/mol. The van der Waals surface area contributed by atoms with Gasteiger partial charge < -0.3 is 0 Å². The van der Waals surface area contributed by atoms with Gasteiger partial charge in [0.05, 0.1) is 20.0 Å². The van der Waals surface area contributed by atoms with Gasteiger partial charge in [-0.3, -0.25) is 0 Å². The highest BCUT2D eigenvalue weighted by atomic mass is 32.4. The van der Waals surface area contributed by atoms with Gasteiger partial charge in [0.1, 0.15) is 28.5 Å². The Morgan fingerprint density at radius 2 is 0.917 bits per heavy atom. The topological polar surface area (TPSA) is 0 Å². The fourth-order valence-electron chi connectivity index (χ4n) is 3.13. The smallest absolute Gasteiger partial charge is 0.0620 e. The Bertz CT molecular complexity index is 768. The molecule has 0 heterocycles. The van der Waals surface area contributed by atoms with E-state index in [0.717, 1.165) is 0 Å². The summed E-state index contributed by atoms with van der Waals surface area (Å²) in [5, 5.41) is 5.87. The Morgan fingerprint density at radius 1 is 0.542 bits per heavy atom. The molecule has 0 aliphatic heterocycles. The van der Waals surface area contributed by atoms with Gasteiger partial charge >= 0.3 is 0 Å². The second-order valence-electron chi connectivity index (χ2n) is 6.31. The molecule has 3 rings (SSSR count). The summed E-state index contributed by atoms with van der Waals surface area (Å²) in [5.41, 5.74) is 0. The first-order valence-corrected chi connectivity index (χ1v) is 15.7. The largest absolute Gasteiger partial charge is 0.146 e. The van der Waals surface area contributed by atoms with Crippen molar-refractivity contribution in [3.05, 3.63) is 84.9 Å². The Labute approximate surface area is 151 Å². The average Bonchev–Trinajstić information content (AvgIpc) is 2.62. The van der Waals surface area contributed by atoms with Crippen LogP contribution < -0.4 is 21.2 Å². The maximum Gasteiger partial charge on any atom is 0.146 e. The van der Waals surface area contributed by atoms with E-state index in [-0.39, 0.29) is 0 Å². The van der Waals surface area contributed by atoms with Gasteiger partial charge in [-0.2, -0.15) is 0 Å². The van der Waals surface area contributed by atoms with Crippen LogP contribution >= 0.6 is 31.8 Å². The molecule has 24 heavy (non-hydrogen) atoms. The molecule has 122 valence electrons. The van der Waals surface area contributed by atoms with Crippen LogP contribution in [0.1, 0.15) is 0 Å². The molecule has 0 aliphatic rings. The van der Waals surface area contributed by atoms with Crippen molar-refractivity contribution < 1.29 is 0 Å². The van der Waals surface area contributed by atoms with E-state index in [1.807, 2.05) is 0 Å². The summed E-state index contributed by atoms with van der Waals surface area (Å²) >= 11 is 0. The zero-order valence-corrected chi connectivity index (χ0v) is 18.2. The van der Waals surface area contributed by atoms with Crippen LogP contribution in [0.15, 0.2) is 84.9 Å². The summed E-state index contributed by atoms with van der Waals surface area (Å²) < 4.78 is 0. The van der Waals surface area contributed by atoms with E-state index in [9.17, 15) is 0 Å². The standard InChI is InChI=1S/C20H24P4/c1-23(17-11-5-3-6-12-17,18-13-7-4-8-14-18)19-15-9-10-16-20(19)24(2,21)22/h3-16H,21-22H2,1-2H3/q+2. The van der Waals surface area contributed by atoms with Crippen molar-refractivity contribution >= 4 is 53.0 Å². The molecule has 0 aliphatic carbocycles. The molecule has 0 saturated carbocycles. The molecule has 0 nitrogen and oxygen atoms in total. The van der Waals surface area contributed by atoms with Crippen molar-refractivity contribution in [3.8, 4) is 0 Å². The lowest BCUT2D eigenvalue weighted by Gasteiger charge is -2.26. The molecular formula is C20H24P4+2. The number of rotatable bonds is 4. The number of hydrogen-bond donors (Lipinski definition) is 0. The molecule has 0 radical (unpaired) electrons. The molecule has 4 heteroatoms. The van der Waals surface area contributed by atoms with Crippen molar-refractivity contribution in [2.24, 2.45) is 0 Å². The summed E-state index contributed by atoms with van der Waals surface area (Å²) in [4.78, 5) is 0. The molecule has 0 N–H and O–H groups in total. The second-order valence-corrected chi connectivity index (χ2v) is 20.8. The Morgan fingerprint density at radius 3 is 1.33 bits per heavy atom. The van der Waals surface area contributed by atoms with Crippen LogP contribution in [0.3, 0.4) is 0 Å². The molecule has 0 saturated heterocycles. The van der Waals surface area contributed by atoms with Crippen molar-refractivity contribution in [2.45, 2.75) is 0 Å². The minimum atomic E-state index is -1.66. The molecule has 2 unspecified atom stereocenters. The van der Waals surface area contributed by atoms with E-state index in [4.69, 9.17) is 0 Å². The third-order valence-corrected chi connectivity index (χ3v) is 11.7. The van der Waals surface area contributed by atoms with Gasteiger partial charge in [-0.05, 0) is 36.4 Å². The summed E-state index contributed by atoms with van der Waals surface area (Å²) in [5.74, 6) is 0. The molecule has 0 aromatic heterocycles. The minimum absolute atomic E-state index is 1.28. The van der Waals surface area contributed by atoms with Crippen molar-refractivity contribution in [1.82, 2.24) is 0 Å². The van der Waals surface area contributed by atoms with E-state index < -0.39 is 13.9 Å². The Hall–Kier alpha value is -0.620. The van der Waals surface area contributed by atoms with Crippen LogP contribution in [-0.4, -0.2) is 13.3 Å². The fraction of sp³-hybridized carbons (Fsp3) is 0.100. The SMILES string of the molecule is C[P+](P)(P)c1ccccc1[P+](C)(c1ccccc1)c1ccccc1. The van der Waals surface area contributed by atoms with E-state index in [0.29, 0.717) is 0 Å². The first kappa shape index (κ1) is 18.2. The van der Waals surface area contributed by atoms with Crippen LogP contribution in [0.25, 0.3) is 0 Å². The molecule has 0 spiro atoms. The van der Waals surface area contributed by atoms with Crippen molar-refractivity contribution in [2.75, 3.05) is 13.3 Å². The van der Waals surface area contributed by atoms with Gasteiger partial charge in [-0.25, -0.2) is 0 Å². The zero-order valence-electron chi connectivity index (χ0n) is 14.1. The molecule has 0 bridgehead atoms. The number of benzene rings is 3. The summed E-state index contributed by atoms with van der Waals surface area (Å²) in [7, 11) is 4.52. The molecule has 2 atom stereocenters. The third kappa shape index (κ3) is 3.50. The van der Waals surface area contributed by atoms with Gasteiger partial charge in [0.25, 0.3) is 0 Å². The number of hydrogen-bond acceptors (Lipinski definition) is 0. The highest BCUT2D eigenvalue weighted by Crippen LogP contribution is 2.70. The first-order valence-electron chi connectivity index (χ1n) is 7.95. The van der Waals surface area contributed by atoms with Crippen molar-refractivity contribution in [1.29, 1.82) is 0 Å². The second kappa shape index (κ2) is 7.32. The minimum Gasteiger partial charge on any atom is -0.0620 e. The van der Waals surface area contributed by atoms with E-state index in [2.05, 4.69) is 116 Å². The predicted molar refractivity (Wildman–Crippen MR) is 123 cm³/mol. The highest BCUT2D eigenvalue weighted by molar-refractivity contribution is 8.56. The molecule has 3 aromatic rings. The maximum absolute atomic E-state index is 3.09. The van der Waals surface area contributed by atoms with Crippen LogP contribution in [0.4, 0.5) is 0 Å². The molecular weight excluding hydrogens is 364 g/mol. The quantitative estimate of drug-likeness (QED) is 0.579. The third-order valence-electron chi connectivity index (χ3n) is 4.43. The predicted octanol–water partition coefficient (Wildman–Crippen LogP) is 4.46. The van der Waals surface area contributed by atoms with Crippen LogP contribution in [0, 0.1) is 0 Å². The summed E-state index contributed by atoms with van der Waals surface area (Å²) in [6.45, 7) is 3.53. The van der Waals surface area contributed by atoms with Gasteiger partial charge in [-0.1, -0.05) is 48.5 Å². The van der Waals surface area contributed by atoms with Gasteiger partial charge in [0, 0.05) is 17.9 Å². The lowest BCUT2D eigenvalue weighted by molar-refractivity contribution is 1.73. The van der Waals surface area contributed by atoms with Crippen LogP contribution in [0.5, 0.6) is 0 Å². The molecule has 0 fully saturated rings. The zero-order chi connectivity index (χ0) is 17.2. The summed E-state index contributed by atoms with van der Waals surface area (Å²) in [6.07, 6.45) is 0. The maximum atomic E-state index is 3.09.